The molecule has 1 aromatic rings. The Balaban J connectivity index is 1.51. The van der Waals surface area contributed by atoms with E-state index in [4.69, 9.17) is 5.11 Å². The quantitative estimate of drug-likeness (QED) is 0.785. The molecule has 2 aliphatic rings. The number of hydrogen-bond donors (Lipinski definition) is 2. The van der Waals surface area contributed by atoms with E-state index < -0.39 is 5.97 Å². The molecule has 1 unspecified atom stereocenters. The van der Waals surface area contributed by atoms with Crippen LogP contribution in [0, 0.1) is 5.92 Å². The Morgan fingerprint density at radius 1 is 1.11 bits per heavy atom. The van der Waals surface area contributed by atoms with Crippen molar-refractivity contribution in [3.05, 3.63) is 35.9 Å². The second-order valence-electron chi connectivity index (χ2n) is 8.18. The van der Waals surface area contributed by atoms with Crippen molar-refractivity contribution in [3.8, 4) is 0 Å². The van der Waals surface area contributed by atoms with Crippen LogP contribution in [0.4, 0.5) is 4.79 Å². The van der Waals surface area contributed by atoms with Gasteiger partial charge < -0.3 is 15.3 Å². The summed E-state index contributed by atoms with van der Waals surface area (Å²) in [5.74, 6) is -0.953. The van der Waals surface area contributed by atoms with Crippen molar-refractivity contribution in [2.24, 2.45) is 5.92 Å². The zero-order chi connectivity index (χ0) is 19.9. The summed E-state index contributed by atoms with van der Waals surface area (Å²) >= 11 is 0. The third kappa shape index (κ3) is 5.47. The molecule has 2 N–H and O–H groups in total. The van der Waals surface area contributed by atoms with Gasteiger partial charge in [0.2, 0.25) is 0 Å². The Morgan fingerprint density at radius 2 is 1.82 bits per heavy atom. The largest absolute Gasteiger partial charge is 0.481 e. The van der Waals surface area contributed by atoms with E-state index in [1.807, 2.05) is 11.0 Å². The van der Waals surface area contributed by atoms with Crippen LogP contribution in [0.5, 0.6) is 0 Å². The molecular formula is C22H33N3O3. The fourth-order valence-electron chi connectivity index (χ4n) is 4.46. The number of carboxylic acids is 1. The second kappa shape index (κ2) is 9.92. The molecule has 0 bridgehead atoms. The number of nitrogens with zero attached hydrogens (tertiary/aromatic N) is 2. The van der Waals surface area contributed by atoms with Crippen molar-refractivity contribution in [2.75, 3.05) is 19.6 Å². The third-order valence-corrected chi connectivity index (χ3v) is 6.15. The number of benzene rings is 1. The first-order valence-corrected chi connectivity index (χ1v) is 10.6. The second-order valence-corrected chi connectivity index (χ2v) is 8.18. The van der Waals surface area contributed by atoms with Crippen LogP contribution in [0.25, 0.3) is 0 Å². The number of rotatable bonds is 6. The van der Waals surface area contributed by atoms with Gasteiger partial charge in [-0.05, 0) is 37.7 Å². The van der Waals surface area contributed by atoms with Crippen LogP contribution in [0.3, 0.4) is 0 Å². The molecule has 1 saturated heterocycles. The van der Waals surface area contributed by atoms with Crippen molar-refractivity contribution >= 4 is 12.0 Å². The molecular weight excluding hydrogens is 354 g/mol. The summed E-state index contributed by atoms with van der Waals surface area (Å²) in [6, 6.07) is 11.0. The van der Waals surface area contributed by atoms with Gasteiger partial charge in [0.1, 0.15) is 0 Å². The van der Waals surface area contributed by atoms with Crippen LogP contribution in [0.1, 0.15) is 51.0 Å². The molecule has 1 atom stereocenters. The van der Waals surface area contributed by atoms with Crippen molar-refractivity contribution in [1.82, 2.24) is 15.1 Å². The maximum absolute atomic E-state index is 12.8. The van der Waals surface area contributed by atoms with Gasteiger partial charge in [-0.3, -0.25) is 9.69 Å². The van der Waals surface area contributed by atoms with Crippen molar-refractivity contribution in [3.63, 3.8) is 0 Å². The molecule has 28 heavy (non-hydrogen) atoms. The number of carboxylic acid groups (broad SMARTS) is 1. The van der Waals surface area contributed by atoms with Crippen LogP contribution in [0.15, 0.2) is 30.3 Å². The first-order chi connectivity index (χ1) is 13.6. The first kappa shape index (κ1) is 20.6. The number of nitrogens with one attached hydrogen (secondary N) is 1. The molecule has 1 aliphatic heterocycles. The highest BCUT2D eigenvalue weighted by molar-refractivity contribution is 5.75. The number of aliphatic carboxylic acids is 1. The minimum Gasteiger partial charge on any atom is -0.481 e. The van der Waals surface area contributed by atoms with Gasteiger partial charge in [0, 0.05) is 38.3 Å². The fraction of sp³-hybridized carbons (Fsp3) is 0.636. The van der Waals surface area contributed by atoms with Gasteiger partial charge in [-0.15, -0.1) is 0 Å². The topological polar surface area (TPSA) is 72.9 Å². The van der Waals surface area contributed by atoms with Gasteiger partial charge >= 0.3 is 12.0 Å². The maximum atomic E-state index is 12.8. The lowest BCUT2D eigenvalue weighted by atomic mass is 9.86. The number of carbonyl (C=O) groups excluding carboxylic acids is 1. The average molecular weight is 388 g/mol. The normalized spacial score (nSPS) is 26.0. The number of hydrogen-bond acceptors (Lipinski definition) is 3. The average Bonchev–Trinajstić information content (AvgIpc) is 2.70. The van der Waals surface area contributed by atoms with Crippen LogP contribution in [-0.4, -0.2) is 58.6 Å². The van der Waals surface area contributed by atoms with Crippen molar-refractivity contribution in [1.29, 1.82) is 0 Å². The smallest absolute Gasteiger partial charge is 0.317 e. The maximum Gasteiger partial charge on any atom is 0.317 e. The van der Waals surface area contributed by atoms with Crippen molar-refractivity contribution < 1.29 is 14.7 Å². The van der Waals surface area contributed by atoms with E-state index in [2.05, 4.69) is 41.4 Å². The predicted molar refractivity (Wildman–Crippen MR) is 109 cm³/mol. The lowest BCUT2D eigenvalue weighted by molar-refractivity contribution is -0.142. The summed E-state index contributed by atoms with van der Waals surface area (Å²) < 4.78 is 0. The number of amides is 2. The molecule has 0 aromatic heterocycles. The first-order valence-electron chi connectivity index (χ1n) is 10.6. The Morgan fingerprint density at radius 3 is 2.46 bits per heavy atom. The van der Waals surface area contributed by atoms with Gasteiger partial charge in [-0.25, -0.2) is 4.79 Å². The van der Waals surface area contributed by atoms with Gasteiger partial charge in [0.15, 0.2) is 0 Å². The summed E-state index contributed by atoms with van der Waals surface area (Å²) in [6.07, 6.45) is 5.02. The Kier molecular flexibility index (Phi) is 7.31. The number of carbonyl (C=O) groups is 2. The van der Waals surface area contributed by atoms with E-state index >= 15 is 0 Å². The molecule has 1 saturated carbocycles. The highest BCUT2D eigenvalue weighted by Gasteiger charge is 2.31. The molecule has 1 heterocycles. The molecule has 2 fully saturated rings. The van der Waals surface area contributed by atoms with Crippen LogP contribution < -0.4 is 5.32 Å². The SMILES string of the molecule is CCCC1CN(C(=O)NC2CCC(C(=O)O)CC2)CCN1Cc1ccccc1. The van der Waals surface area contributed by atoms with Crippen molar-refractivity contribution in [2.45, 2.75) is 64.1 Å². The van der Waals surface area contributed by atoms with E-state index in [9.17, 15) is 9.59 Å². The molecule has 2 amide bonds. The summed E-state index contributed by atoms with van der Waals surface area (Å²) in [5, 5.41) is 12.3. The van der Waals surface area contributed by atoms with E-state index in [1.165, 1.54) is 5.56 Å². The Labute approximate surface area is 167 Å². The summed E-state index contributed by atoms with van der Waals surface area (Å²) in [6.45, 7) is 5.51. The van der Waals surface area contributed by atoms with Gasteiger partial charge in [0.05, 0.1) is 5.92 Å². The van der Waals surface area contributed by atoms with E-state index in [1.54, 1.807) is 0 Å². The highest BCUT2D eigenvalue weighted by atomic mass is 16.4. The minimum atomic E-state index is -0.707. The Hall–Kier alpha value is -2.08. The molecule has 6 nitrogen and oxygen atoms in total. The van der Waals surface area contributed by atoms with Gasteiger partial charge in [-0.2, -0.15) is 0 Å². The molecule has 154 valence electrons. The molecule has 0 radical (unpaired) electrons. The van der Waals surface area contributed by atoms with Gasteiger partial charge in [-0.1, -0.05) is 43.7 Å². The summed E-state index contributed by atoms with van der Waals surface area (Å²) in [5.41, 5.74) is 1.32. The molecule has 1 aliphatic carbocycles. The molecule has 3 rings (SSSR count). The van der Waals surface area contributed by atoms with Crippen LogP contribution >= 0.6 is 0 Å². The summed E-state index contributed by atoms with van der Waals surface area (Å²) in [7, 11) is 0. The fourth-order valence-corrected chi connectivity index (χ4v) is 4.46. The minimum absolute atomic E-state index is 0.0132. The number of urea groups is 1. The van der Waals surface area contributed by atoms with Gasteiger partial charge in [0.25, 0.3) is 0 Å². The zero-order valence-corrected chi connectivity index (χ0v) is 16.8. The molecule has 1 aromatic carbocycles. The van der Waals surface area contributed by atoms with Crippen LogP contribution in [0.2, 0.25) is 0 Å². The van der Waals surface area contributed by atoms with E-state index in [0.717, 1.165) is 51.9 Å². The zero-order valence-electron chi connectivity index (χ0n) is 16.8. The van der Waals surface area contributed by atoms with E-state index in [0.29, 0.717) is 18.9 Å². The predicted octanol–water partition coefficient (Wildman–Crippen LogP) is 3.33. The number of piperazine rings is 1. The standard InChI is InChI=1S/C22H33N3O3/c1-2-6-20-16-25(14-13-24(20)15-17-7-4-3-5-8-17)22(28)23-19-11-9-18(10-12-19)21(26)27/h3-5,7-8,18-20H,2,6,9-16H2,1H3,(H,23,28)(H,26,27). The molecule has 6 heteroatoms. The third-order valence-electron chi connectivity index (χ3n) is 6.15. The van der Waals surface area contributed by atoms with E-state index in [-0.39, 0.29) is 18.0 Å². The lowest BCUT2D eigenvalue weighted by Gasteiger charge is -2.42. The lowest BCUT2D eigenvalue weighted by Crippen LogP contribution is -2.57. The monoisotopic (exact) mass is 387 g/mol. The molecule has 0 spiro atoms. The van der Waals surface area contributed by atoms with Crippen LogP contribution in [-0.2, 0) is 11.3 Å². The Bertz CT molecular complexity index is 644. The highest BCUT2D eigenvalue weighted by Crippen LogP contribution is 2.25. The summed E-state index contributed by atoms with van der Waals surface area (Å²) in [4.78, 5) is 28.3.